The van der Waals surface area contributed by atoms with E-state index in [0.717, 1.165) is 38.8 Å². The van der Waals surface area contributed by atoms with E-state index in [1.807, 2.05) is 0 Å². The number of nitrogens with one attached hydrogen (secondary N) is 1. The van der Waals surface area contributed by atoms with Crippen molar-refractivity contribution in [2.24, 2.45) is 11.3 Å². The molecule has 1 atom stereocenters. The lowest BCUT2D eigenvalue weighted by molar-refractivity contribution is -0.0323. The Balaban J connectivity index is 2.67. The van der Waals surface area contributed by atoms with Crippen molar-refractivity contribution in [2.75, 3.05) is 39.4 Å². The molecule has 0 aliphatic carbocycles. The Bertz CT molecular complexity index is 235. The van der Waals surface area contributed by atoms with Crippen LogP contribution in [0.3, 0.4) is 0 Å². The first-order valence-corrected chi connectivity index (χ1v) is 8.01. The maximum absolute atomic E-state index is 5.80. The maximum atomic E-state index is 5.80. The van der Waals surface area contributed by atoms with Crippen LogP contribution >= 0.6 is 0 Å². The lowest BCUT2D eigenvalue weighted by atomic mass is 9.81. The van der Waals surface area contributed by atoms with E-state index in [1.54, 1.807) is 0 Å². The summed E-state index contributed by atoms with van der Waals surface area (Å²) in [7, 11) is 0. The molecule has 3 heteroatoms. The van der Waals surface area contributed by atoms with Crippen LogP contribution in [0, 0.1) is 11.3 Å². The van der Waals surface area contributed by atoms with Gasteiger partial charge in [-0.3, -0.25) is 4.90 Å². The van der Waals surface area contributed by atoms with Crippen LogP contribution in [0.4, 0.5) is 0 Å². The molecule has 1 unspecified atom stereocenters. The molecule has 0 aromatic rings. The molecule has 1 N–H and O–H groups in total. The molecule has 3 nitrogen and oxygen atoms in total. The molecule has 0 saturated carbocycles. The molecule has 0 bridgehead atoms. The van der Waals surface area contributed by atoms with Crippen LogP contribution in [0.25, 0.3) is 0 Å². The fourth-order valence-corrected chi connectivity index (χ4v) is 2.98. The summed E-state index contributed by atoms with van der Waals surface area (Å²) >= 11 is 0. The Morgan fingerprint density at radius 3 is 2.47 bits per heavy atom. The Kier molecular flexibility index (Phi) is 7.33. The summed E-state index contributed by atoms with van der Waals surface area (Å²) in [6, 6.07) is 0.614. The zero-order valence-electron chi connectivity index (χ0n) is 13.7. The van der Waals surface area contributed by atoms with Gasteiger partial charge in [0.2, 0.25) is 0 Å². The van der Waals surface area contributed by atoms with Crippen molar-refractivity contribution in [1.82, 2.24) is 10.2 Å². The molecule has 1 saturated heterocycles. The van der Waals surface area contributed by atoms with E-state index in [-0.39, 0.29) is 0 Å². The first kappa shape index (κ1) is 16.9. The molecule has 1 aliphatic rings. The predicted molar refractivity (Wildman–Crippen MR) is 82.6 cm³/mol. The average Bonchev–Trinajstić information content (AvgIpc) is 2.36. The van der Waals surface area contributed by atoms with E-state index in [4.69, 9.17) is 4.74 Å². The van der Waals surface area contributed by atoms with Crippen LogP contribution in [-0.2, 0) is 4.74 Å². The fourth-order valence-electron chi connectivity index (χ4n) is 2.98. The van der Waals surface area contributed by atoms with Crippen LogP contribution < -0.4 is 5.32 Å². The third kappa shape index (κ3) is 5.80. The van der Waals surface area contributed by atoms with Crippen LogP contribution in [0.2, 0.25) is 0 Å². The lowest BCUT2D eigenvalue weighted by Gasteiger charge is -2.43. The number of rotatable bonds is 8. The highest BCUT2D eigenvalue weighted by Crippen LogP contribution is 2.30. The van der Waals surface area contributed by atoms with Crippen LogP contribution in [0.1, 0.15) is 47.5 Å². The van der Waals surface area contributed by atoms with Gasteiger partial charge in [-0.25, -0.2) is 0 Å². The van der Waals surface area contributed by atoms with Gasteiger partial charge in [0.05, 0.1) is 6.61 Å². The minimum Gasteiger partial charge on any atom is -0.381 e. The molecule has 1 fully saturated rings. The quantitative estimate of drug-likeness (QED) is 0.734. The minimum atomic E-state index is 0.313. The van der Waals surface area contributed by atoms with E-state index >= 15 is 0 Å². The summed E-state index contributed by atoms with van der Waals surface area (Å²) in [5, 5.41) is 3.55. The normalized spacial score (nSPS) is 24.6. The second kappa shape index (κ2) is 8.23. The maximum Gasteiger partial charge on any atom is 0.0546 e. The molecule has 1 rings (SSSR count). The van der Waals surface area contributed by atoms with Gasteiger partial charge in [0, 0.05) is 37.7 Å². The van der Waals surface area contributed by atoms with Gasteiger partial charge in [0.15, 0.2) is 0 Å². The number of nitrogens with zero attached hydrogens (tertiary/aromatic N) is 1. The number of hydrogen-bond donors (Lipinski definition) is 1. The summed E-state index contributed by atoms with van der Waals surface area (Å²) in [6.45, 7) is 17.8. The van der Waals surface area contributed by atoms with Crippen molar-refractivity contribution in [3.8, 4) is 0 Å². The van der Waals surface area contributed by atoms with Crippen molar-refractivity contribution < 1.29 is 4.74 Å². The molecule has 19 heavy (non-hydrogen) atoms. The van der Waals surface area contributed by atoms with Crippen molar-refractivity contribution in [3.63, 3.8) is 0 Å². The SMILES string of the molecule is CCNCC1(CN(CC(C)C)C(C)C)CCCOC1. The highest BCUT2D eigenvalue weighted by Gasteiger charge is 2.35. The first-order chi connectivity index (χ1) is 8.99. The number of hydrogen-bond acceptors (Lipinski definition) is 3. The van der Waals surface area contributed by atoms with E-state index < -0.39 is 0 Å². The Hall–Kier alpha value is -0.120. The van der Waals surface area contributed by atoms with Gasteiger partial charge in [-0.2, -0.15) is 0 Å². The molecular weight excluding hydrogens is 236 g/mol. The summed E-state index contributed by atoms with van der Waals surface area (Å²) < 4.78 is 5.80. The lowest BCUT2D eigenvalue weighted by Crippen LogP contribution is -2.51. The fraction of sp³-hybridized carbons (Fsp3) is 1.00. The molecule has 0 spiro atoms. The minimum absolute atomic E-state index is 0.313. The van der Waals surface area contributed by atoms with Crippen molar-refractivity contribution in [2.45, 2.75) is 53.5 Å². The van der Waals surface area contributed by atoms with Gasteiger partial charge in [-0.1, -0.05) is 20.8 Å². The third-order valence-electron chi connectivity index (χ3n) is 4.02. The monoisotopic (exact) mass is 270 g/mol. The molecule has 114 valence electrons. The van der Waals surface area contributed by atoms with Gasteiger partial charge in [0.25, 0.3) is 0 Å². The zero-order chi connectivity index (χ0) is 14.3. The highest BCUT2D eigenvalue weighted by molar-refractivity contribution is 4.88. The summed E-state index contributed by atoms with van der Waals surface area (Å²) in [4.78, 5) is 2.64. The van der Waals surface area contributed by atoms with Crippen molar-refractivity contribution in [3.05, 3.63) is 0 Å². The predicted octanol–water partition coefficient (Wildman–Crippen LogP) is 2.76. The van der Waals surface area contributed by atoms with Crippen LogP contribution in [-0.4, -0.2) is 50.3 Å². The van der Waals surface area contributed by atoms with E-state index in [0.29, 0.717) is 11.5 Å². The largest absolute Gasteiger partial charge is 0.381 e. The standard InChI is InChI=1S/C16H34N2O/c1-6-17-11-16(8-7-9-19-13-16)12-18(15(4)5)10-14(2)3/h14-15,17H,6-13H2,1-5H3. The topological polar surface area (TPSA) is 24.5 Å². The van der Waals surface area contributed by atoms with Gasteiger partial charge < -0.3 is 10.1 Å². The molecule has 0 amide bonds. The van der Waals surface area contributed by atoms with Gasteiger partial charge in [0.1, 0.15) is 0 Å². The molecule has 0 aromatic carbocycles. The Labute approximate surface area is 120 Å². The second-order valence-corrected chi connectivity index (χ2v) is 6.85. The summed E-state index contributed by atoms with van der Waals surface area (Å²) in [6.07, 6.45) is 2.50. The number of ether oxygens (including phenoxy) is 1. The molecule has 0 radical (unpaired) electrons. The zero-order valence-corrected chi connectivity index (χ0v) is 13.7. The van der Waals surface area contributed by atoms with Crippen molar-refractivity contribution in [1.29, 1.82) is 0 Å². The third-order valence-corrected chi connectivity index (χ3v) is 4.02. The van der Waals surface area contributed by atoms with Gasteiger partial charge in [-0.05, 0) is 39.2 Å². The second-order valence-electron chi connectivity index (χ2n) is 6.85. The van der Waals surface area contributed by atoms with Crippen LogP contribution in [0.5, 0.6) is 0 Å². The van der Waals surface area contributed by atoms with Gasteiger partial charge >= 0.3 is 0 Å². The summed E-state index contributed by atoms with van der Waals surface area (Å²) in [5.74, 6) is 0.725. The van der Waals surface area contributed by atoms with Crippen LogP contribution in [0.15, 0.2) is 0 Å². The molecule has 1 heterocycles. The van der Waals surface area contributed by atoms with E-state index in [1.165, 1.54) is 19.4 Å². The summed E-state index contributed by atoms with van der Waals surface area (Å²) in [5.41, 5.74) is 0.313. The molecule has 0 aromatic heterocycles. The van der Waals surface area contributed by atoms with E-state index in [9.17, 15) is 0 Å². The Morgan fingerprint density at radius 1 is 1.26 bits per heavy atom. The first-order valence-electron chi connectivity index (χ1n) is 8.01. The average molecular weight is 270 g/mol. The van der Waals surface area contributed by atoms with Gasteiger partial charge in [-0.15, -0.1) is 0 Å². The molecule has 1 aliphatic heterocycles. The highest BCUT2D eigenvalue weighted by atomic mass is 16.5. The Morgan fingerprint density at radius 2 is 2.00 bits per heavy atom. The molecular formula is C16H34N2O. The van der Waals surface area contributed by atoms with Crippen molar-refractivity contribution >= 4 is 0 Å². The van der Waals surface area contributed by atoms with E-state index in [2.05, 4.69) is 44.8 Å². The smallest absolute Gasteiger partial charge is 0.0546 e.